The van der Waals surface area contributed by atoms with E-state index in [1.54, 1.807) is 6.07 Å². The fourth-order valence-electron chi connectivity index (χ4n) is 3.68. The lowest BCUT2D eigenvalue weighted by Crippen LogP contribution is -2.26. The van der Waals surface area contributed by atoms with Crippen LogP contribution < -0.4 is 10.1 Å². The van der Waals surface area contributed by atoms with Crippen LogP contribution in [0.15, 0.2) is 77.3 Å². The summed E-state index contributed by atoms with van der Waals surface area (Å²) in [5, 5.41) is 3.71. The Morgan fingerprint density at radius 2 is 1.85 bits per heavy atom. The summed E-state index contributed by atoms with van der Waals surface area (Å²) < 4.78 is 8.94. The van der Waals surface area contributed by atoms with Crippen LogP contribution in [0.4, 0.5) is 0 Å². The van der Waals surface area contributed by atoms with Gasteiger partial charge >= 0.3 is 0 Å². The first-order valence-corrected chi connectivity index (χ1v) is 12.1. The summed E-state index contributed by atoms with van der Waals surface area (Å²) in [5.74, 6) is 1.72. The standard InChI is InChI=1S/C26H25BrClN3O2/c27-20-7-5-6-19(18-20)26(32)29-15-14-25-30-23-8-1-2-9-24(23)31(25)16-3-4-17-33-22-12-10-21(28)11-13-22/h1-2,5-13,18H,3-4,14-17H2,(H,29,32). The van der Waals surface area contributed by atoms with Crippen molar-refractivity contribution >= 4 is 44.5 Å². The molecule has 3 aromatic carbocycles. The molecule has 0 spiro atoms. The summed E-state index contributed by atoms with van der Waals surface area (Å²) in [5.41, 5.74) is 2.73. The van der Waals surface area contributed by atoms with Crippen LogP contribution >= 0.6 is 27.5 Å². The van der Waals surface area contributed by atoms with E-state index in [0.717, 1.165) is 46.5 Å². The molecule has 0 atom stereocenters. The average Bonchev–Trinajstić information content (AvgIpc) is 3.17. The van der Waals surface area contributed by atoms with Crippen molar-refractivity contribution in [3.05, 3.63) is 93.7 Å². The Morgan fingerprint density at radius 1 is 1.03 bits per heavy atom. The number of unbranched alkanes of at least 4 members (excludes halogenated alkanes) is 1. The van der Waals surface area contributed by atoms with Gasteiger partial charge in [0.05, 0.1) is 17.6 Å². The van der Waals surface area contributed by atoms with Gasteiger partial charge in [-0.1, -0.05) is 45.7 Å². The molecule has 5 nitrogen and oxygen atoms in total. The van der Waals surface area contributed by atoms with Crippen LogP contribution in [0.1, 0.15) is 29.0 Å². The molecular weight excluding hydrogens is 502 g/mol. The molecule has 0 unspecified atom stereocenters. The number of hydrogen-bond donors (Lipinski definition) is 1. The molecular formula is C26H25BrClN3O2. The van der Waals surface area contributed by atoms with Gasteiger partial charge in [0.1, 0.15) is 11.6 Å². The number of carbonyl (C=O) groups is 1. The minimum Gasteiger partial charge on any atom is -0.494 e. The summed E-state index contributed by atoms with van der Waals surface area (Å²) in [7, 11) is 0. The highest BCUT2D eigenvalue weighted by Crippen LogP contribution is 2.19. The highest BCUT2D eigenvalue weighted by Gasteiger charge is 2.11. The molecule has 7 heteroatoms. The van der Waals surface area contributed by atoms with E-state index in [1.807, 2.05) is 60.7 Å². The largest absolute Gasteiger partial charge is 0.494 e. The molecule has 0 aliphatic carbocycles. The number of para-hydroxylation sites is 2. The van der Waals surface area contributed by atoms with Crippen molar-refractivity contribution < 1.29 is 9.53 Å². The van der Waals surface area contributed by atoms with Crippen LogP contribution in [-0.4, -0.2) is 28.6 Å². The van der Waals surface area contributed by atoms with Crippen molar-refractivity contribution in [2.24, 2.45) is 0 Å². The zero-order valence-electron chi connectivity index (χ0n) is 18.1. The summed E-state index contributed by atoms with van der Waals surface area (Å²) in [6.45, 7) is 2.01. The minimum atomic E-state index is -0.0849. The normalized spacial score (nSPS) is 11.0. The summed E-state index contributed by atoms with van der Waals surface area (Å²) in [4.78, 5) is 17.3. The molecule has 1 N–H and O–H groups in total. The van der Waals surface area contributed by atoms with Crippen LogP contribution in [-0.2, 0) is 13.0 Å². The van der Waals surface area contributed by atoms with E-state index in [9.17, 15) is 4.79 Å². The number of hydrogen-bond acceptors (Lipinski definition) is 3. The van der Waals surface area contributed by atoms with Crippen molar-refractivity contribution in [2.45, 2.75) is 25.8 Å². The molecule has 0 bridgehead atoms. The van der Waals surface area contributed by atoms with Crippen molar-refractivity contribution in [3.63, 3.8) is 0 Å². The maximum atomic E-state index is 12.4. The van der Waals surface area contributed by atoms with Crippen molar-refractivity contribution in [1.82, 2.24) is 14.9 Å². The Kier molecular flexibility index (Phi) is 8.02. The number of fused-ring (bicyclic) bond motifs is 1. The molecule has 0 fully saturated rings. The number of aromatic nitrogens is 2. The number of ether oxygens (including phenoxy) is 1. The molecule has 0 saturated heterocycles. The van der Waals surface area contributed by atoms with E-state index in [2.05, 4.69) is 31.9 Å². The molecule has 33 heavy (non-hydrogen) atoms. The minimum absolute atomic E-state index is 0.0849. The number of halogens is 2. The van der Waals surface area contributed by atoms with E-state index in [-0.39, 0.29) is 5.91 Å². The van der Waals surface area contributed by atoms with E-state index >= 15 is 0 Å². The molecule has 4 rings (SSSR count). The Morgan fingerprint density at radius 3 is 2.67 bits per heavy atom. The predicted molar refractivity (Wildman–Crippen MR) is 136 cm³/mol. The number of aryl methyl sites for hydroxylation is 1. The molecule has 0 saturated carbocycles. The van der Waals surface area contributed by atoms with Gasteiger partial charge in [-0.15, -0.1) is 0 Å². The number of amides is 1. The lowest BCUT2D eigenvalue weighted by Gasteiger charge is -2.11. The van der Waals surface area contributed by atoms with Gasteiger partial charge in [-0.05, 0) is 67.4 Å². The third-order valence-electron chi connectivity index (χ3n) is 5.31. The number of carbonyl (C=O) groups excluding carboxylic acids is 1. The average molecular weight is 527 g/mol. The van der Waals surface area contributed by atoms with Crippen LogP contribution in [0.25, 0.3) is 11.0 Å². The molecule has 0 aliphatic heterocycles. The number of rotatable bonds is 10. The zero-order chi connectivity index (χ0) is 23.0. The summed E-state index contributed by atoms with van der Waals surface area (Å²) in [6.07, 6.45) is 2.55. The monoisotopic (exact) mass is 525 g/mol. The second kappa shape index (κ2) is 11.3. The van der Waals surface area contributed by atoms with Gasteiger partial charge in [-0.2, -0.15) is 0 Å². The van der Waals surface area contributed by atoms with Gasteiger partial charge in [0, 0.05) is 34.6 Å². The van der Waals surface area contributed by atoms with Crippen molar-refractivity contribution in [1.29, 1.82) is 0 Å². The molecule has 1 amide bonds. The molecule has 170 valence electrons. The Bertz CT molecular complexity index is 1220. The Hall–Kier alpha value is -2.83. The van der Waals surface area contributed by atoms with E-state index in [0.29, 0.717) is 30.2 Å². The lowest BCUT2D eigenvalue weighted by molar-refractivity contribution is 0.0954. The van der Waals surface area contributed by atoms with Gasteiger partial charge in [0.15, 0.2) is 0 Å². The van der Waals surface area contributed by atoms with Crippen molar-refractivity contribution in [3.8, 4) is 5.75 Å². The highest BCUT2D eigenvalue weighted by molar-refractivity contribution is 9.10. The molecule has 0 aliphatic rings. The molecule has 1 heterocycles. The molecule has 4 aromatic rings. The van der Waals surface area contributed by atoms with E-state index in [4.69, 9.17) is 21.3 Å². The van der Waals surface area contributed by atoms with Gasteiger partial charge < -0.3 is 14.6 Å². The van der Waals surface area contributed by atoms with Crippen LogP contribution in [0.2, 0.25) is 5.02 Å². The predicted octanol–water partition coefficient (Wildman–Crippen LogP) is 6.28. The maximum absolute atomic E-state index is 12.4. The Labute approximate surface area is 206 Å². The number of imidazole rings is 1. The van der Waals surface area contributed by atoms with Crippen LogP contribution in [0.3, 0.4) is 0 Å². The SMILES string of the molecule is O=C(NCCc1nc2ccccc2n1CCCCOc1ccc(Cl)cc1)c1cccc(Br)c1. The van der Waals surface area contributed by atoms with Gasteiger partial charge in [-0.3, -0.25) is 4.79 Å². The number of nitrogens with zero attached hydrogens (tertiary/aromatic N) is 2. The lowest BCUT2D eigenvalue weighted by atomic mass is 10.2. The molecule has 1 aromatic heterocycles. The summed E-state index contributed by atoms with van der Waals surface area (Å²) in [6, 6.07) is 23.0. The first kappa shape index (κ1) is 23.3. The fourth-order valence-corrected chi connectivity index (χ4v) is 4.20. The van der Waals surface area contributed by atoms with Gasteiger partial charge in [0.25, 0.3) is 5.91 Å². The van der Waals surface area contributed by atoms with E-state index in [1.165, 1.54) is 0 Å². The third kappa shape index (κ3) is 6.36. The maximum Gasteiger partial charge on any atom is 0.251 e. The second-order valence-electron chi connectivity index (χ2n) is 7.69. The number of nitrogens with one attached hydrogen (secondary N) is 1. The second-order valence-corrected chi connectivity index (χ2v) is 9.05. The highest BCUT2D eigenvalue weighted by atomic mass is 79.9. The summed E-state index contributed by atoms with van der Waals surface area (Å²) >= 11 is 9.32. The Balaban J connectivity index is 1.33. The smallest absolute Gasteiger partial charge is 0.251 e. The van der Waals surface area contributed by atoms with Gasteiger partial charge in [-0.25, -0.2) is 4.98 Å². The van der Waals surface area contributed by atoms with E-state index < -0.39 is 0 Å². The first-order valence-electron chi connectivity index (χ1n) is 11.0. The van der Waals surface area contributed by atoms with Gasteiger partial charge in [0.2, 0.25) is 0 Å². The fraction of sp³-hybridized carbons (Fsp3) is 0.231. The van der Waals surface area contributed by atoms with Crippen LogP contribution in [0, 0.1) is 0 Å². The quantitative estimate of drug-likeness (QED) is 0.247. The zero-order valence-corrected chi connectivity index (χ0v) is 20.5. The van der Waals surface area contributed by atoms with Crippen LogP contribution in [0.5, 0.6) is 5.75 Å². The van der Waals surface area contributed by atoms with Crippen molar-refractivity contribution in [2.75, 3.05) is 13.2 Å². The molecule has 0 radical (unpaired) electrons. The third-order valence-corrected chi connectivity index (χ3v) is 6.06. The number of benzene rings is 3. The topological polar surface area (TPSA) is 56.2 Å². The first-order chi connectivity index (χ1) is 16.1.